The number of nitrogen functional groups attached to an aromatic ring is 1. The third-order valence-corrected chi connectivity index (χ3v) is 1.41. The van der Waals surface area contributed by atoms with E-state index in [0.29, 0.717) is 0 Å². The van der Waals surface area contributed by atoms with E-state index in [1.165, 1.54) is 0 Å². The monoisotopic (exact) mass is 195 g/mol. The largest absolute Gasteiger partial charge is 0.324 e. The fraction of sp³-hybridized carbons (Fsp3) is 0.111. The molecule has 5 heteroatoms. The van der Waals surface area contributed by atoms with Crippen LogP contribution in [0.15, 0.2) is 36.8 Å². The van der Waals surface area contributed by atoms with Gasteiger partial charge in [-0.1, -0.05) is 12.1 Å². The summed E-state index contributed by atoms with van der Waals surface area (Å²) < 4.78 is 48.0. The van der Waals surface area contributed by atoms with E-state index in [-0.39, 0.29) is 5.69 Å². The van der Waals surface area contributed by atoms with Crippen LogP contribution in [0.3, 0.4) is 0 Å². The normalized spacial score (nSPS) is 17.2. The average molecular weight is 195 g/mol. The predicted octanol–water partition coefficient (Wildman–Crippen LogP) is 0.612. The van der Waals surface area contributed by atoms with Crippen LogP contribution in [0.5, 0.6) is 0 Å². The number of anilines is 1. The van der Waals surface area contributed by atoms with Crippen LogP contribution in [0.2, 0.25) is 0 Å². The van der Waals surface area contributed by atoms with Crippen LogP contribution in [0.25, 0.3) is 0 Å². The molecule has 0 aliphatic carbocycles. The highest BCUT2D eigenvalue weighted by Crippen LogP contribution is 2.08. The lowest BCUT2D eigenvalue weighted by Gasteiger charge is -2.03. The molecule has 2 aromatic rings. The Hall–Kier alpha value is -1.88. The summed E-state index contributed by atoms with van der Waals surface area (Å²) in [5.41, 5.74) is 1.46. The SMILES string of the molecule is [2H]c1c([2H])c(C([2H])([2H])n2cncn2)c([2H])c([2H])c1NN. The lowest BCUT2D eigenvalue weighted by molar-refractivity contribution is 0.685. The number of benzene rings is 1. The maximum absolute atomic E-state index is 8.00. The van der Waals surface area contributed by atoms with Gasteiger partial charge < -0.3 is 5.43 Å². The van der Waals surface area contributed by atoms with Gasteiger partial charge in [0.2, 0.25) is 0 Å². The highest BCUT2D eigenvalue weighted by molar-refractivity contribution is 5.43. The molecule has 3 N–H and O–H groups in total. The number of hydrogen-bond acceptors (Lipinski definition) is 4. The molecule has 5 nitrogen and oxygen atoms in total. The quantitative estimate of drug-likeness (QED) is 0.556. The van der Waals surface area contributed by atoms with Crippen LogP contribution in [0, 0.1) is 0 Å². The average Bonchev–Trinajstić information content (AvgIpc) is 2.92. The maximum atomic E-state index is 8.00. The number of nitrogens with zero attached hydrogens (tertiary/aromatic N) is 3. The number of hydrazine groups is 1. The van der Waals surface area contributed by atoms with E-state index in [0.717, 1.165) is 17.3 Å². The zero-order chi connectivity index (χ0) is 15.1. The molecule has 1 heterocycles. The zero-order valence-electron chi connectivity index (χ0n) is 13.1. The summed E-state index contributed by atoms with van der Waals surface area (Å²) >= 11 is 0. The second-order valence-corrected chi connectivity index (χ2v) is 2.35. The molecule has 0 saturated carbocycles. The van der Waals surface area contributed by atoms with Crippen LogP contribution < -0.4 is 11.3 Å². The topological polar surface area (TPSA) is 68.8 Å². The first kappa shape index (κ1) is 4.10. The second-order valence-electron chi connectivity index (χ2n) is 2.35. The molecule has 0 amide bonds. The van der Waals surface area contributed by atoms with E-state index >= 15 is 0 Å². The molecule has 1 aromatic carbocycles. The van der Waals surface area contributed by atoms with Crippen LogP contribution in [-0.2, 0) is 6.50 Å². The summed E-state index contributed by atoms with van der Waals surface area (Å²) in [5.74, 6) is 5.17. The first-order chi connectivity index (χ1) is 9.32. The zero-order valence-corrected chi connectivity index (χ0v) is 7.07. The van der Waals surface area contributed by atoms with Crippen molar-refractivity contribution in [1.82, 2.24) is 14.8 Å². The number of hydrogen-bond donors (Lipinski definition) is 2. The van der Waals surface area contributed by atoms with E-state index < -0.39 is 36.2 Å². The molecule has 0 aliphatic heterocycles. The Labute approximate surface area is 90.0 Å². The van der Waals surface area contributed by atoms with Crippen molar-refractivity contribution >= 4 is 5.69 Å². The van der Waals surface area contributed by atoms with Crippen molar-refractivity contribution in [2.24, 2.45) is 5.84 Å². The molecule has 0 unspecified atom stereocenters. The molecular weight excluding hydrogens is 178 g/mol. The van der Waals surface area contributed by atoms with Gasteiger partial charge in [-0.05, 0) is 17.6 Å². The number of aromatic nitrogens is 3. The summed E-state index contributed by atoms with van der Waals surface area (Å²) in [5, 5.41) is 3.65. The third kappa shape index (κ3) is 1.89. The Morgan fingerprint density at radius 3 is 2.86 bits per heavy atom. The van der Waals surface area contributed by atoms with Gasteiger partial charge in [-0.15, -0.1) is 0 Å². The van der Waals surface area contributed by atoms with Crippen LogP contribution in [-0.4, -0.2) is 14.8 Å². The second kappa shape index (κ2) is 3.89. The van der Waals surface area contributed by atoms with E-state index in [4.69, 9.17) is 14.1 Å². The van der Waals surface area contributed by atoms with Crippen molar-refractivity contribution in [2.75, 3.05) is 5.43 Å². The Bertz CT molecular complexity index is 612. The number of rotatable bonds is 3. The molecule has 0 atom stereocenters. The maximum Gasteiger partial charge on any atom is 0.137 e. The van der Waals surface area contributed by atoms with Crippen molar-refractivity contribution < 1.29 is 8.22 Å². The molecule has 0 bridgehead atoms. The van der Waals surface area contributed by atoms with Crippen LogP contribution in [0.4, 0.5) is 5.69 Å². The Kier molecular flexibility index (Phi) is 1.14. The first-order valence-electron chi connectivity index (χ1n) is 6.75. The Balaban J connectivity index is 2.76. The summed E-state index contributed by atoms with van der Waals surface area (Å²) in [6.07, 6.45) is 2.21. The van der Waals surface area contributed by atoms with Crippen molar-refractivity contribution in [3.05, 3.63) is 42.4 Å². The lowest BCUT2D eigenvalue weighted by Crippen LogP contribution is -2.06. The predicted molar refractivity (Wildman–Crippen MR) is 53.4 cm³/mol. The van der Waals surface area contributed by atoms with Crippen LogP contribution in [0.1, 0.15) is 13.8 Å². The highest BCUT2D eigenvalue weighted by Gasteiger charge is 1.95. The molecule has 0 saturated heterocycles. The fourth-order valence-electron chi connectivity index (χ4n) is 0.821. The minimum Gasteiger partial charge on any atom is -0.324 e. The van der Waals surface area contributed by atoms with Crippen molar-refractivity contribution in [2.45, 2.75) is 6.50 Å². The van der Waals surface area contributed by atoms with Crippen LogP contribution >= 0.6 is 0 Å². The minimum atomic E-state index is -2.37. The molecule has 0 spiro atoms. The molecule has 14 heavy (non-hydrogen) atoms. The van der Waals surface area contributed by atoms with Gasteiger partial charge in [0, 0.05) is 5.69 Å². The lowest BCUT2D eigenvalue weighted by atomic mass is 10.2. The standard InChI is InChI=1S/C9H11N5/c10-13-9-3-1-8(2-4-9)5-14-7-11-6-12-14/h1-4,6-7,13H,5,10H2/i1D,2D,3D,4D,5D2. The summed E-state index contributed by atoms with van der Waals surface area (Å²) in [6.45, 7) is -2.37. The van der Waals surface area contributed by atoms with E-state index in [2.05, 4.69) is 15.5 Å². The molecule has 0 fully saturated rings. The highest BCUT2D eigenvalue weighted by atomic mass is 15.3. The van der Waals surface area contributed by atoms with E-state index in [9.17, 15) is 0 Å². The molecule has 0 radical (unpaired) electrons. The molecule has 1 aromatic heterocycles. The first-order valence-corrected chi connectivity index (χ1v) is 3.75. The number of nitrogens with one attached hydrogen (secondary N) is 1. The summed E-state index contributed by atoms with van der Waals surface area (Å²) in [7, 11) is 0. The van der Waals surface area contributed by atoms with Crippen molar-refractivity contribution in [3.63, 3.8) is 0 Å². The molecule has 0 aliphatic rings. The third-order valence-electron chi connectivity index (χ3n) is 1.41. The van der Waals surface area contributed by atoms with Gasteiger partial charge in [-0.3, -0.25) is 5.84 Å². The van der Waals surface area contributed by atoms with Gasteiger partial charge in [0.15, 0.2) is 0 Å². The van der Waals surface area contributed by atoms with Crippen molar-refractivity contribution in [1.29, 1.82) is 0 Å². The van der Waals surface area contributed by atoms with Crippen molar-refractivity contribution in [3.8, 4) is 0 Å². The molecular formula is C9H11N5. The molecule has 2 rings (SSSR count). The Morgan fingerprint density at radius 2 is 2.29 bits per heavy atom. The summed E-state index contributed by atoms with van der Waals surface area (Å²) in [6, 6.07) is -1.96. The molecule has 72 valence electrons. The summed E-state index contributed by atoms with van der Waals surface area (Å²) in [4.78, 5) is 3.62. The van der Waals surface area contributed by atoms with E-state index in [1.54, 1.807) is 0 Å². The van der Waals surface area contributed by atoms with E-state index in [1.807, 2.05) is 0 Å². The van der Waals surface area contributed by atoms with Gasteiger partial charge >= 0.3 is 0 Å². The van der Waals surface area contributed by atoms with Gasteiger partial charge in [-0.2, -0.15) is 5.10 Å². The Morgan fingerprint density at radius 1 is 1.50 bits per heavy atom. The van der Waals surface area contributed by atoms with Gasteiger partial charge in [0.25, 0.3) is 0 Å². The van der Waals surface area contributed by atoms with Gasteiger partial charge in [-0.25, -0.2) is 9.67 Å². The van der Waals surface area contributed by atoms with Gasteiger partial charge in [0.1, 0.15) is 12.7 Å². The van der Waals surface area contributed by atoms with Gasteiger partial charge in [0.05, 0.1) is 14.7 Å². The fourth-order valence-corrected chi connectivity index (χ4v) is 0.821. The number of nitrogens with two attached hydrogens (primary N) is 1. The minimum absolute atomic E-state index is 0.196. The smallest absolute Gasteiger partial charge is 0.137 e.